The molecule has 35 heavy (non-hydrogen) atoms. The second-order valence-electron chi connectivity index (χ2n) is 9.04. The molecule has 5 rings (SSSR count). The van der Waals surface area contributed by atoms with Crippen molar-refractivity contribution in [1.82, 2.24) is 25.2 Å². The minimum absolute atomic E-state index is 0.0717. The lowest BCUT2D eigenvalue weighted by molar-refractivity contribution is -0.129. The predicted octanol–water partition coefficient (Wildman–Crippen LogP) is 3.30. The molecule has 1 aliphatic heterocycles. The highest BCUT2D eigenvalue weighted by atomic mass is 19.1. The van der Waals surface area contributed by atoms with Crippen molar-refractivity contribution >= 4 is 22.8 Å². The number of aromatic amines is 1. The van der Waals surface area contributed by atoms with E-state index < -0.39 is 5.82 Å². The molecule has 2 aliphatic rings. The van der Waals surface area contributed by atoms with Crippen LogP contribution in [-0.4, -0.2) is 64.5 Å². The van der Waals surface area contributed by atoms with Crippen molar-refractivity contribution in [3.8, 4) is 22.8 Å². The number of carbonyl (C=O) groups is 2. The van der Waals surface area contributed by atoms with E-state index in [4.69, 9.17) is 9.47 Å². The summed E-state index contributed by atoms with van der Waals surface area (Å²) in [5, 5.41) is 3.01. The van der Waals surface area contributed by atoms with Crippen LogP contribution >= 0.6 is 0 Å². The molecular formula is C25H28FN5O4. The molecule has 184 valence electrons. The van der Waals surface area contributed by atoms with Gasteiger partial charge in [0.25, 0.3) is 5.91 Å². The summed E-state index contributed by atoms with van der Waals surface area (Å²) in [5.41, 5.74) is 2.40. The lowest BCUT2D eigenvalue weighted by Gasteiger charge is -2.16. The average Bonchev–Trinajstić information content (AvgIpc) is 3.40. The summed E-state index contributed by atoms with van der Waals surface area (Å²) in [7, 11) is 1.40. The quantitative estimate of drug-likeness (QED) is 0.511. The summed E-state index contributed by atoms with van der Waals surface area (Å²) in [6.45, 7) is 3.47. The highest BCUT2D eigenvalue weighted by Gasteiger charge is 2.28. The van der Waals surface area contributed by atoms with Crippen LogP contribution in [0.5, 0.6) is 11.5 Å². The van der Waals surface area contributed by atoms with Crippen LogP contribution in [0.1, 0.15) is 43.0 Å². The minimum atomic E-state index is -0.522. The molecule has 3 heterocycles. The highest BCUT2D eigenvalue weighted by molar-refractivity contribution is 6.08. The molecule has 2 aromatic heterocycles. The second-order valence-corrected chi connectivity index (χ2v) is 9.04. The van der Waals surface area contributed by atoms with Crippen LogP contribution < -0.4 is 14.8 Å². The maximum atomic E-state index is 14.5. The van der Waals surface area contributed by atoms with Gasteiger partial charge in [-0.05, 0) is 31.2 Å². The Bertz CT molecular complexity index is 1270. The van der Waals surface area contributed by atoms with E-state index >= 15 is 0 Å². The molecule has 1 atom stereocenters. The number of benzene rings is 1. The van der Waals surface area contributed by atoms with Gasteiger partial charge in [0.15, 0.2) is 11.6 Å². The van der Waals surface area contributed by atoms with Crippen molar-refractivity contribution in [3.63, 3.8) is 0 Å². The summed E-state index contributed by atoms with van der Waals surface area (Å²) < 4.78 is 25.6. The van der Waals surface area contributed by atoms with Gasteiger partial charge in [0.05, 0.1) is 24.8 Å². The third-order valence-electron chi connectivity index (χ3n) is 6.57. The Hall–Kier alpha value is -3.69. The van der Waals surface area contributed by atoms with Gasteiger partial charge in [-0.1, -0.05) is 6.92 Å². The lowest BCUT2D eigenvalue weighted by atomic mass is 10.1. The van der Waals surface area contributed by atoms with Crippen molar-refractivity contribution in [2.45, 2.75) is 38.6 Å². The number of halogens is 1. The first kappa shape index (κ1) is 23.1. The first-order valence-corrected chi connectivity index (χ1v) is 11.9. The number of fused-ring (bicyclic) bond motifs is 1. The number of amides is 2. The van der Waals surface area contributed by atoms with E-state index in [0.29, 0.717) is 72.1 Å². The van der Waals surface area contributed by atoms with E-state index in [1.807, 2.05) is 6.92 Å². The van der Waals surface area contributed by atoms with Gasteiger partial charge in [0.2, 0.25) is 5.91 Å². The van der Waals surface area contributed by atoms with Crippen LogP contribution in [0.2, 0.25) is 0 Å². The van der Waals surface area contributed by atoms with Crippen molar-refractivity contribution < 1.29 is 23.5 Å². The van der Waals surface area contributed by atoms with Gasteiger partial charge in [-0.3, -0.25) is 9.59 Å². The predicted molar refractivity (Wildman–Crippen MR) is 127 cm³/mol. The number of nitrogens with one attached hydrogen (secondary N) is 2. The minimum Gasteiger partial charge on any atom is -0.494 e. The molecule has 2 amide bonds. The fraction of sp³-hybridized carbons (Fsp3) is 0.440. The van der Waals surface area contributed by atoms with Crippen LogP contribution in [0.25, 0.3) is 22.3 Å². The molecule has 0 spiro atoms. The SMILES string of the molecule is CCC(=O)N1CC[C@@H](NC(=O)c2c[nH]c3c(-c4cc(OC)c(F)cc4OCC4CC4)ncnc23)C1. The maximum absolute atomic E-state index is 14.5. The summed E-state index contributed by atoms with van der Waals surface area (Å²) in [6.07, 6.45) is 6.33. The molecule has 0 bridgehead atoms. The Morgan fingerprint density at radius 2 is 2.06 bits per heavy atom. The van der Waals surface area contributed by atoms with Gasteiger partial charge in [-0.2, -0.15) is 0 Å². The van der Waals surface area contributed by atoms with Crippen molar-refractivity contribution in [2.75, 3.05) is 26.8 Å². The number of hydrogen-bond donors (Lipinski definition) is 2. The third-order valence-corrected chi connectivity index (χ3v) is 6.57. The zero-order valence-electron chi connectivity index (χ0n) is 19.8. The molecule has 1 aliphatic carbocycles. The molecule has 2 N–H and O–H groups in total. The Morgan fingerprint density at radius 1 is 1.23 bits per heavy atom. The third kappa shape index (κ3) is 4.65. The summed E-state index contributed by atoms with van der Waals surface area (Å²) in [5.74, 6) is 0.202. The number of ether oxygens (including phenoxy) is 2. The molecule has 10 heteroatoms. The van der Waals surface area contributed by atoms with Crippen LogP contribution in [-0.2, 0) is 4.79 Å². The average molecular weight is 482 g/mol. The van der Waals surface area contributed by atoms with E-state index in [9.17, 15) is 14.0 Å². The van der Waals surface area contributed by atoms with Crippen LogP contribution in [0.4, 0.5) is 4.39 Å². The zero-order chi connectivity index (χ0) is 24.5. The molecule has 3 aromatic rings. The number of nitrogens with zero attached hydrogens (tertiary/aromatic N) is 3. The molecule has 1 saturated carbocycles. The molecule has 2 fully saturated rings. The fourth-order valence-electron chi connectivity index (χ4n) is 4.40. The molecule has 9 nitrogen and oxygen atoms in total. The van der Waals surface area contributed by atoms with E-state index in [1.165, 1.54) is 19.5 Å². The van der Waals surface area contributed by atoms with Gasteiger partial charge in [0.1, 0.15) is 23.3 Å². The Kier molecular flexibility index (Phi) is 6.27. The zero-order valence-corrected chi connectivity index (χ0v) is 19.8. The number of likely N-dealkylation sites (tertiary alicyclic amines) is 1. The van der Waals surface area contributed by atoms with E-state index in [2.05, 4.69) is 20.3 Å². The van der Waals surface area contributed by atoms with E-state index in [0.717, 1.165) is 12.8 Å². The normalized spacial score (nSPS) is 17.6. The van der Waals surface area contributed by atoms with Gasteiger partial charge >= 0.3 is 0 Å². The molecule has 1 saturated heterocycles. The Morgan fingerprint density at radius 3 is 2.80 bits per heavy atom. The first-order valence-electron chi connectivity index (χ1n) is 11.9. The highest BCUT2D eigenvalue weighted by Crippen LogP contribution is 2.39. The maximum Gasteiger partial charge on any atom is 0.255 e. The fourth-order valence-corrected chi connectivity index (χ4v) is 4.40. The number of hydrogen-bond acceptors (Lipinski definition) is 6. The number of carbonyl (C=O) groups excluding carboxylic acids is 2. The summed E-state index contributed by atoms with van der Waals surface area (Å²) in [6, 6.07) is 2.75. The van der Waals surface area contributed by atoms with E-state index in [-0.39, 0.29) is 23.6 Å². The van der Waals surface area contributed by atoms with E-state index in [1.54, 1.807) is 17.2 Å². The van der Waals surface area contributed by atoms with Crippen LogP contribution in [0.3, 0.4) is 0 Å². The monoisotopic (exact) mass is 481 g/mol. The van der Waals surface area contributed by atoms with Gasteiger partial charge in [-0.25, -0.2) is 14.4 Å². The largest absolute Gasteiger partial charge is 0.494 e. The standard InChI is InChI=1S/C25H28FN5O4/c1-3-21(32)31-7-6-15(11-31)30-25(33)17-10-27-24-22(28-13-29-23(17)24)16-8-20(34-2)18(26)9-19(16)35-12-14-4-5-14/h8-10,13-15,27H,3-7,11-12H2,1-2H3,(H,30,33)/t15-/m1/s1. The second kappa shape index (κ2) is 9.52. The number of methoxy groups -OCH3 is 1. The van der Waals surface area contributed by atoms with Crippen LogP contribution in [0, 0.1) is 11.7 Å². The van der Waals surface area contributed by atoms with Crippen LogP contribution in [0.15, 0.2) is 24.7 Å². The Labute approximate surface area is 202 Å². The van der Waals surface area contributed by atoms with Crippen molar-refractivity contribution in [3.05, 3.63) is 36.0 Å². The Balaban J connectivity index is 1.44. The molecular weight excluding hydrogens is 453 g/mol. The van der Waals surface area contributed by atoms with Crippen molar-refractivity contribution in [2.24, 2.45) is 5.92 Å². The van der Waals surface area contributed by atoms with Crippen molar-refractivity contribution in [1.29, 1.82) is 0 Å². The lowest BCUT2D eigenvalue weighted by Crippen LogP contribution is -2.38. The first-order chi connectivity index (χ1) is 17.0. The number of aromatic nitrogens is 3. The van der Waals surface area contributed by atoms with Gasteiger partial charge in [0, 0.05) is 43.4 Å². The summed E-state index contributed by atoms with van der Waals surface area (Å²) in [4.78, 5) is 38.7. The van der Waals surface area contributed by atoms with Gasteiger partial charge in [-0.15, -0.1) is 0 Å². The molecule has 1 aromatic carbocycles. The molecule has 0 radical (unpaired) electrons. The number of rotatable bonds is 8. The summed E-state index contributed by atoms with van der Waals surface area (Å²) >= 11 is 0. The smallest absolute Gasteiger partial charge is 0.255 e. The van der Waals surface area contributed by atoms with Gasteiger partial charge < -0.3 is 24.7 Å². The molecule has 0 unspecified atom stereocenters. The topological polar surface area (TPSA) is 109 Å². The number of H-pyrrole nitrogens is 1.